The standard InChI is InChI=1S/C14H15BrN2O/c15-12-1-3-13(4-2-12)18-10-7-14(16)11-5-8-17-9-6-11/h1-6,8-9,14H,7,10,16H2. The van der Waals surface area contributed by atoms with Crippen LogP contribution in [0.5, 0.6) is 5.75 Å². The summed E-state index contributed by atoms with van der Waals surface area (Å²) in [6.07, 6.45) is 4.29. The average Bonchev–Trinajstić information content (AvgIpc) is 2.42. The third-order valence-corrected chi connectivity index (χ3v) is 3.17. The molecule has 0 amide bonds. The zero-order valence-electron chi connectivity index (χ0n) is 9.92. The van der Waals surface area contributed by atoms with Gasteiger partial charge in [-0.2, -0.15) is 0 Å². The summed E-state index contributed by atoms with van der Waals surface area (Å²) < 4.78 is 6.68. The number of aromatic nitrogens is 1. The van der Waals surface area contributed by atoms with Gasteiger partial charge in [-0.1, -0.05) is 15.9 Å². The van der Waals surface area contributed by atoms with Crippen molar-refractivity contribution < 1.29 is 4.74 Å². The molecule has 94 valence electrons. The van der Waals surface area contributed by atoms with Gasteiger partial charge in [0.1, 0.15) is 5.75 Å². The zero-order chi connectivity index (χ0) is 12.8. The summed E-state index contributed by atoms with van der Waals surface area (Å²) in [7, 11) is 0. The van der Waals surface area contributed by atoms with Crippen LogP contribution in [0.15, 0.2) is 53.3 Å². The van der Waals surface area contributed by atoms with Crippen LogP contribution in [-0.4, -0.2) is 11.6 Å². The molecule has 1 aromatic heterocycles. The van der Waals surface area contributed by atoms with Crippen LogP contribution in [0.4, 0.5) is 0 Å². The highest BCUT2D eigenvalue weighted by atomic mass is 79.9. The van der Waals surface area contributed by atoms with Crippen LogP contribution in [0.3, 0.4) is 0 Å². The van der Waals surface area contributed by atoms with Crippen molar-refractivity contribution in [3.63, 3.8) is 0 Å². The second-order valence-electron chi connectivity index (χ2n) is 3.98. The number of hydrogen-bond acceptors (Lipinski definition) is 3. The molecule has 2 rings (SSSR count). The molecule has 18 heavy (non-hydrogen) atoms. The smallest absolute Gasteiger partial charge is 0.119 e. The molecule has 1 heterocycles. The molecule has 1 unspecified atom stereocenters. The molecule has 0 aliphatic rings. The maximum Gasteiger partial charge on any atom is 0.119 e. The van der Waals surface area contributed by atoms with E-state index < -0.39 is 0 Å². The Morgan fingerprint density at radius 3 is 2.44 bits per heavy atom. The lowest BCUT2D eigenvalue weighted by Crippen LogP contribution is -2.14. The Bertz CT molecular complexity index is 473. The van der Waals surface area contributed by atoms with Crippen LogP contribution in [0.25, 0.3) is 0 Å². The molecule has 3 nitrogen and oxygen atoms in total. The Labute approximate surface area is 115 Å². The van der Waals surface area contributed by atoms with Gasteiger partial charge in [-0.05, 0) is 42.0 Å². The van der Waals surface area contributed by atoms with Crippen LogP contribution in [0, 0.1) is 0 Å². The topological polar surface area (TPSA) is 48.1 Å². The van der Waals surface area contributed by atoms with E-state index in [1.807, 2.05) is 36.4 Å². The van der Waals surface area contributed by atoms with Gasteiger partial charge < -0.3 is 10.5 Å². The van der Waals surface area contributed by atoms with Crippen molar-refractivity contribution in [1.29, 1.82) is 0 Å². The van der Waals surface area contributed by atoms with Crippen LogP contribution in [0.2, 0.25) is 0 Å². The molecule has 0 aliphatic heterocycles. The first-order chi connectivity index (χ1) is 8.75. The molecule has 0 spiro atoms. The fourth-order valence-electron chi connectivity index (χ4n) is 1.61. The predicted molar refractivity (Wildman–Crippen MR) is 75.4 cm³/mol. The lowest BCUT2D eigenvalue weighted by molar-refractivity contribution is 0.298. The SMILES string of the molecule is NC(CCOc1ccc(Br)cc1)c1ccncc1. The van der Waals surface area contributed by atoms with Crippen LogP contribution in [0.1, 0.15) is 18.0 Å². The minimum atomic E-state index is -0.0107. The second-order valence-corrected chi connectivity index (χ2v) is 4.89. The highest BCUT2D eigenvalue weighted by Crippen LogP contribution is 2.18. The van der Waals surface area contributed by atoms with E-state index in [0.717, 1.165) is 22.2 Å². The Hall–Kier alpha value is -1.39. The van der Waals surface area contributed by atoms with Crippen molar-refractivity contribution in [2.45, 2.75) is 12.5 Å². The highest BCUT2D eigenvalue weighted by Gasteiger charge is 2.05. The number of rotatable bonds is 5. The molecule has 1 aromatic carbocycles. The number of benzene rings is 1. The predicted octanol–water partition coefficient (Wildman–Crippen LogP) is 3.31. The summed E-state index contributed by atoms with van der Waals surface area (Å²) >= 11 is 3.39. The van der Waals surface area contributed by atoms with E-state index in [1.165, 1.54) is 0 Å². The Morgan fingerprint density at radius 1 is 1.11 bits per heavy atom. The molecule has 0 saturated carbocycles. The summed E-state index contributed by atoms with van der Waals surface area (Å²) in [5.74, 6) is 0.861. The normalized spacial score (nSPS) is 12.1. The van der Waals surface area contributed by atoms with Crippen molar-refractivity contribution in [1.82, 2.24) is 4.98 Å². The van der Waals surface area contributed by atoms with E-state index >= 15 is 0 Å². The van der Waals surface area contributed by atoms with E-state index in [9.17, 15) is 0 Å². The summed E-state index contributed by atoms with van der Waals surface area (Å²) in [5, 5.41) is 0. The minimum Gasteiger partial charge on any atom is -0.494 e. The Kier molecular flexibility index (Phi) is 4.73. The van der Waals surface area contributed by atoms with E-state index in [0.29, 0.717) is 6.61 Å². The first kappa shape index (κ1) is 13.1. The van der Waals surface area contributed by atoms with E-state index in [1.54, 1.807) is 12.4 Å². The number of halogens is 1. The number of nitrogens with two attached hydrogens (primary N) is 1. The van der Waals surface area contributed by atoms with Crippen LogP contribution >= 0.6 is 15.9 Å². The van der Waals surface area contributed by atoms with Gasteiger partial charge in [-0.25, -0.2) is 0 Å². The number of pyridine rings is 1. The van der Waals surface area contributed by atoms with Gasteiger partial charge in [0, 0.05) is 29.3 Å². The van der Waals surface area contributed by atoms with Gasteiger partial charge in [-0.3, -0.25) is 4.98 Å². The average molecular weight is 307 g/mol. The number of hydrogen-bond donors (Lipinski definition) is 1. The molecule has 1 atom stereocenters. The molecule has 4 heteroatoms. The van der Waals surface area contributed by atoms with Gasteiger partial charge in [0.15, 0.2) is 0 Å². The van der Waals surface area contributed by atoms with Gasteiger partial charge in [0.2, 0.25) is 0 Å². The third kappa shape index (κ3) is 3.82. The van der Waals surface area contributed by atoms with Crippen molar-refractivity contribution in [2.24, 2.45) is 5.73 Å². The van der Waals surface area contributed by atoms with Crippen LogP contribution < -0.4 is 10.5 Å². The molecule has 0 aliphatic carbocycles. The van der Waals surface area contributed by atoms with Gasteiger partial charge in [0.05, 0.1) is 6.61 Å². The molecule has 0 saturated heterocycles. The summed E-state index contributed by atoms with van der Waals surface area (Å²) in [4.78, 5) is 3.97. The minimum absolute atomic E-state index is 0.0107. The number of nitrogens with zero attached hydrogens (tertiary/aromatic N) is 1. The molecule has 2 aromatic rings. The molecule has 0 fully saturated rings. The largest absolute Gasteiger partial charge is 0.494 e. The lowest BCUT2D eigenvalue weighted by atomic mass is 10.1. The van der Waals surface area contributed by atoms with Crippen molar-refractivity contribution in [3.8, 4) is 5.75 Å². The lowest BCUT2D eigenvalue weighted by Gasteiger charge is -2.12. The number of ether oxygens (including phenoxy) is 1. The first-order valence-corrected chi connectivity index (χ1v) is 6.59. The van der Waals surface area contributed by atoms with Crippen molar-refractivity contribution in [2.75, 3.05) is 6.61 Å². The van der Waals surface area contributed by atoms with Crippen LogP contribution in [-0.2, 0) is 0 Å². The van der Waals surface area contributed by atoms with Crippen molar-refractivity contribution in [3.05, 3.63) is 58.8 Å². The Morgan fingerprint density at radius 2 is 1.78 bits per heavy atom. The molecular formula is C14H15BrN2O. The summed E-state index contributed by atoms with van der Waals surface area (Å²) in [6.45, 7) is 0.602. The van der Waals surface area contributed by atoms with E-state index in [2.05, 4.69) is 20.9 Å². The first-order valence-electron chi connectivity index (χ1n) is 5.79. The van der Waals surface area contributed by atoms with Gasteiger partial charge >= 0.3 is 0 Å². The maximum absolute atomic E-state index is 6.07. The maximum atomic E-state index is 6.07. The highest BCUT2D eigenvalue weighted by molar-refractivity contribution is 9.10. The van der Waals surface area contributed by atoms with Gasteiger partial charge in [0.25, 0.3) is 0 Å². The second kappa shape index (κ2) is 6.52. The van der Waals surface area contributed by atoms with Gasteiger partial charge in [-0.15, -0.1) is 0 Å². The fourth-order valence-corrected chi connectivity index (χ4v) is 1.88. The Balaban J connectivity index is 1.80. The van der Waals surface area contributed by atoms with Crippen molar-refractivity contribution >= 4 is 15.9 Å². The quantitative estimate of drug-likeness (QED) is 0.922. The zero-order valence-corrected chi connectivity index (χ0v) is 11.5. The summed E-state index contributed by atoms with van der Waals surface area (Å²) in [6, 6.07) is 11.6. The summed E-state index contributed by atoms with van der Waals surface area (Å²) in [5.41, 5.74) is 7.16. The van der Waals surface area contributed by atoms with E-state index in [4.69, 9.17) is 10.5 Å². The monoisotopic (exact) mass is 306 g/mol. The van der Waals surface area contributed by atoms with E-state index in [-0.39, 0.29) is 6.04 Å². The molecular weight excluding hydrogens is 292 g/mol. The molecule has 2 N–H and O–H groups in total. The molecule has 0 bridgehead atoms. The fraction of sp³-hybridized carbons (Fsp3) is 0.214. The molecule has 0 radical (unpaired) electrons. The third-order valence-electron chi connectivity index (χ3n) is 2.65.